The van der Waals surface area contributed by atoms with E-state index >= 15 is 0 Å². The van der Waals surface area contributed by atoms with Crippen molar-refractivity contribution in [3.05, 3.63) is 11.8 Å². The van der Waals surface area contributed by atoms with Gasteiger partial charge in [0, 0.05) is 17.7 Å². The van der Waals surface area contributed by atoms with E-state index in [0.717, 1.165) is 12.1 Å². The van der Waals surface area contributed by atoms with Gasteiger partial charge in [0.15, 0.2) is 0 Å². The van der Waals surface area contributed by atoms with Gasteiger partial charge in [-0.15, -0.1) is 0 Å². The second kappa shape index (κ2) is 3.05. The largest absolute Gasteiger partial charge is 0.402 e. The van der Waals surface area contributed by atoms with Crippen LogP contribution in [0.4, 0.5) is 0 Å². The third-order valence-electron chi connectivity index (χ3n) is 2.04. The molecule has 0 saturated heterocycles. The molecular weight excluding hydrogens is 140 g/mol. The number of carbonyl (C=O) groups is 1. The summed E-state index contributed by atoms with van der Waals surface area (Å²) < 4.78 is 0. The molecule has 0 aliphatic heterocycles. The topological polar surface area (TPSA) is 69.1 Å². The van der Waals surface area contributed by atoms with Gasteiger partial charge in [-0.05, 0) is 25.8 Å². The average Bonchev–Trinajstić information content (AvgIpc) is 1.85. The van der Waals surface area contributed by atoms with Gasteiger partial charge in [0.05, 0.1) is 0 Å². The normalized spacial score (nSPS) is 31.3. The highest BCUT2D eigenvalue weighted by Gasteiger charge is 2.21. The molecule has 0 radical (unpaired) electrons. The number of hydrogen-bond donors (Lipinski definition) is 2. The standard InChI is InChI=1S/C8H14N2O/c1-5(11)6-2-7(9)4-8(10)3-6/h4,6-7H,2-3,9-10H2,1H3. The molecule has 1 aliphatic rings. The van der Waals surface area contributed by atoms with Gasteiger partial charge in [0.2, 0.25) is 0 Å². The summed E-state index contributed by atoms with van der Waals surface area (Å²) in [5.41, 5.74) is 12.0. The van der Waals surface area contributed by atoms with E-state index in [1.165, 1.54) is 0 Å². The van der Waals surface area contributed by atoms with Crippen molar-refractivity contribution in [1.82, 2.24) is 0 Å². The fourth-order valence-electron chi connectivity index (χ4n) is 1.42. The van der Waals surface area contributed by atoms with Crippen molar-refractivity contribution in [2.24, 2.45) is 17.4 Å². The summed E-state index contributed by atoms with van der Waals surface area (Å²) in [5, 5.41) is 0. The van der Waals surface area contributed by atoms with E-state index in [-0.39, 0.29) is 17.7 Å². The van der Waals surface area contributed by atoms with Crippen LogP contribution in [0.25, 0.3) is 0 Å². The summed E-state index contributed by atoms with van der Waals surface area (Å²) in [5.74, 6) is 0.242. The van der Waals surface area contributed by atoms with Gasteiger partial charge in [0.1, 0.15) is 5.78 Å². The number of hydrogen-bond acceptors (Lipinski definition) is 3. The zero-order chi connectivity index (χ0) is 8.43. The van der Waals surface area contributed by atoms with Crippen LogP contribution in [0.1, 0.15) is 19.8 Å². The quantitative estimate of drug-likeness (QED) is 0.565. The predicted molar refractivity (Wildman–Crippen MR) is 43.7 cm³/mol. The molecule has 0 amide bonds. The molecule has 3 heteroatoms. The lowest BCUT2D eigenvalue weighted by Crippen LogP contribution is -2.31. The van der Waals surface area contributed by atoms with Crippen LogP contribution in [0, 0.1) is 5.92 Å². The minimum Gasteiger partial charge on any atom is -0.402 e. The highest BCUT2D eigenvalue weighted by Crippen LogP contribution is 2.21. The lowest BCUT2D eigenvalue weighted by molar-refractivity contribution is -0.121. The fourth-order valence-corrected chi connectivity index (χ4v) is 1.42. The molecule has 0 saturated carbocycles. The van der Waals surface area contributed by atoms with Crippen LogP contribution in [-0.4, -0.2) is 11.8 Å². The van der Waals surface area contributed by atoms with Crippen LogP contribution in [0.3, 0.4) is 0 Å². The maximum atomic E-state index is 11.0. The molecule has 3 nitrogen and oxygen atoms in total. The summed E-state index contributed by atoms with van der Waals surface area (Å²) in [7, 11) is 0. The third-order valence-corrected chi connectivity index (χ3v) is 2.04. The summed E-state index contributed by atoms with van der Waals surface area (Å²) in [6, 6.07) is -0.0300. The highest BCUT2D eigenvalue weighted by atomic mass is 16.1. The zero-order valence-corrected chi connectivity index (χ0v) is 6.71. The van der Waals surface area contributed by atoms with Gasteiger partial charge in [0.25, 0.3) is 0 Å². The van der Waals surface area contributed by atoms with Crippen molar-refractivity contribution < 1.29 is 4.79 Å². The molecule has 2 unspecified atom stereocenters. The molecule has 0 aromatic heterocycles. The Kier molecular flexibility index (Phi) is 2.29. The highest BCUT2D eigenvalue weighted by molar-refractivity contribution is 5.78. The first-order chi connectivity index (χ1) is 5.09. The number of ketones is 1. The Morgan fingerprint density at radius 2 is 2.36 bits per heavy atom. The van der Waals surface area contributed by atoms with Gasteiger partial charge in [-0.2, -0.15) is 0 Å². The summed E-state index contributed by atoms with van der Waals surface area (Å²) in [6.45, 7) is 1.59. The van der Waals surface area contributed by atoms with E-state index in [2.05, 4.69) is 0 Å². The lowest BCUT2D eigenvalue weighted by Gasteiger charge is -2.22. The lowest BCUT2D eigenvalue weighted by atomic mass is 9.87. The molecule has 11 heavy (non-hydrogen) atoms. The van der Waals surface area contributed by atoms with Crippen LogP contribution in [0.2, 0.25) is 0 Å². The Hall–Kier alpha value is -0.830. The summed E-state index contributed by atoms with van der Waals surface area (Å²) in [4.78, 5) is 11.0. The molecule has 62 valence electrons. The third kappa shape index (κ3) is 2.05. The van der Waals surface area contributed by atoms with Crippen LogP contribution >= 0.6 is 0 Å². The van der Waals surface area contributed by atoms with E-state index in [1.807, 2.05) is 6.08 Å². The Morgan fingerprint density at radius 3 is 2.82 bits per heavy atom. The van der Waals surface area contributed by atoms with Crippen molar-refractivity contribution in [3.63, 3.8) is 0 Å². The van der Waals surface area contributed by atoms with Crippen LogP contribution < -0.4 is 11.5 Å². The molecule has 0 fully saturated rings. The SMILES string of the molecule is CC(=O)C1CC(N)=CC(N)C1. The maximum Gasteiger partial charge on any atom is 0.133 e. The molecule has 0 spiro atoms. The number of carbonyl (C=O) groups excluding carboxylic acids is 1. The number of allylic oxidation sites excluding steroid dienone is 1. The molecule has 0 bridgehead atoms. The average molecular weight is 154 g/mol. The van der Waals surface area contributed by atoms with E-state index < -0.39 is 0 Å². The zero-order valence-electron chi connectivity index (χ0n) is 6.71. The Labute approximate surface area is 66.4 Å². The van der Waals surface area contributed by atoms with Crippen LogP contribution in [0.15, 0.2) is 11.8 Å². The van der Waals surface area contributed by atoms with Crippen LogP contribution in [0.5, 0.6) is 0 Å². The van der Waals surface area contributed by atoms with Crippen molar-refractivity contribution in [2.75, 3.05) is 0 Å². The Bertz CT molecular complexity index is 198. The summed E-state index contributed by atoms with van der Waals surface area (Å²) >= 11 is 0. The first-order valence-electron chi connectivity index (χ1n) is 3.82. The Balaban J connectivity index is 2.64. The number of nitrogens with two attached hydrogens (primary N) is 2. The molecule has 1 aliphatic carbocycles. The number of rotatable bonds is 1. The van der Waals surface area contributed by atoms with Gasteiger partial charge in [-0.3, -0.25) is 4.79 Å². The van der Waals surface area contributed by atoms with E-state index in [1.54, 1.807) is 6.92 Å². The molecule has 1 rings (SSSR count). The smallest absolute Gasteiger partial charge is 0.133 e. The van der Waals surface area contributed by atoms with E-state index in [4.69, 9.17) is 11.5 Å². The first-order valence-corrected chi connectivity index (χ1v) is 3.82. The van der Waals surface area contributed by atoms with Gasteiger partial charge in [-0.1, -0.05) is 0 Å². The summed E-state index contributed by atoms with van der Waals surface area (Å²) in [6.07, 6.45) is 3.26. The van der Waals surface area contributed by atoms with Gasteiger partial charge >= 0.3 is 0 Å². The van der Waals surface area contributed by atoms with Crippen molar-refractivity contribution in [3.8, 4) is 0 Å². The van der Waals surface area contributed by atoms with Gasteiger partial charge in [-0.25, -0.2) is 0 Å². The van der Waals surface area contributed by atoms with Crippen molar-refractivity contribution in [1.29, 1.82) is 0 Å². The minimum atomic E-state index is -0.0300. The molecular formula is C8H14N2O. The molecule has 0 aromatic carbocycles. The molecule has 4 N–H and O–H groups in total. The Morgan fingerprint density at radius 1 is 1.73 bits per heavy atom. The molecule has 0 heterocycles. The van der Waals surface area contributed by atoms with Crippen LogP contribution in [-0.2, 0) is 4.79 Å². The second-order valence-corrected chi connectivity index (χ2v) is 3.15. The fraction of sp³-hybridized carbons (Fsp3) is 0.625. The molecule has 2 atom stereocenters. The molecule has 0 aromatic rings. The van der Waals surface area contributed by atoms with Gasteiger partial charge < -0.3 is 11.5 Å². The first kappa shape index (κ1) is 8.27. The van der Waals surface area contributed by atoms with Crippen molar-refractivity contribution in [2.45, 2.75) is 25.8 Å². The van der Waals surface area contributed by atoms with E-state index in [0.29, 0.717) is 6.42 Å². The monoisotopic (exact) mass is 154 g/mol. The predicted octanol–water partition coefficient (Wildman–Crippen LogP) is 0.155. The van der Waals surface area contributed by atoms with Crippen molar-refractivity contribution >= 4 is 5.78 Å². The van der Waals surface area contributed by atoms with E-state index in [9.17, 15) is 4.79 Å². The number of Topliss-reactive ketones (excluding diaryl/α,β-unsaturated/α-hetero) is 1. The maximum absolute atomic E-state index is 11.0. The minimum absolute atomic E-state index is 0.0300. The second-order valence-electron chi connectivity index (χ2n) is 3.15.